The lowest BCUT2D eigenvalue weighted by molar-refractivity contribution is -0.123. The average Bonchev–Trinajstić information content (AvgIpc) is 2.66. The Labute approximate surface area is 179 Å². The summed E-state index contributed by atoms with van der Waals surface area (Å²) in [4.78, 5) is 14.1. The van der Waals surface area contributed by atoms with Gasteiger partial charge in [0.15, 0.2) is 6.61 Å². The fourth-order valence-electron chi connectivity index (χ4n) is 2.43. The van der Waals surface area contributed by atoms with Crippen molar-refractivity contribution in [3.8, 4) is 5.75 Å². The van der Waals surface area contributed by atoms with E-state index in [9.17, 15) is 13.2 Å². The van der Waals surface area contributed by atoms with Crippen LogP contribution >= 0.6 is 31.9 Å². The van der Waals surface area contributed by atoms with Crippen LogP contribution in [0.2, 0.25) is 0 Å². The highest BCUT2D eigenvalue weighted by Crippen LogP contribution is 2.34. The highest BCUT2D eigenvalue weighted by Gasteiger charge is 2.15. The number of fused-ring (bicyclic) bond motifs is 1. The third kappa shape index (κ3) is 4.91. The van der Waals surface area contributed by atoms with Gasteiger partial charge in [-0.15, -0.1) is 4.83 Å². The van der Waals surface area contributed by atoms with Crippen LogP contribution in [-0.4, -0.2) is 20.9 Å². The highest BCUT2D eigenvalue weighted by molar-refractivity contribution is 9.11. The molecule has 2 N–H and O–H groups in total. The molecule has 0 heterocycles. The molecule has 0 unspecified atom stereocenters. The van der Waals surface area contributed by atoms with Crippen LogP contribution in [0.5, 0.6) is 5.75 Å². The third-order valence-electron chi connectivity index (χ3n) is 3.90. The lowest BCUT2D eigenvalue weighted by Gasteiger charge is -2.12. The van der Waals surface area contributed by atoms with Crippen molar-refractivity contribution < 1.29 is 17.9 Å². The first-order chi connectivity index (χ1) is 13.3. The maximum atomic E-state index is 12.2. The number of halogens is 2. The van der Waals surface area contributed by atoms with Crippen molar-refractivity contribution in [2.45, 2.75) is 11.8 Å². The molecule has 0 bridgehead atoms. The largest absolute Gasteiger partial charge is 0.483 e. The van der Waals surface area contributed by atoms with Gasteiger partial charge in [-0.25, -0.2) is 8.42 Å². The zero-order valence-electron chi connectivity index (χ0n) is 14.7. The van der Waals surface area contributed by atoms with Crippen molar-refractivity contribution in [2.24, 2.45) is 0 Å². The van der Waals surface area contributed by atoms with Crippen molar-refractivity contribution in [2.75, 3.05) is 6.61 Å². The molecule has 3 rings (SSSR count). The first-order valence-electron chi connectivity index (χ1n) is 8.14. The Morgan fingerprint density at radius 2 is 1.75 bits per heavy atom. The SMILES string of the molecule is Cc1ccc(S(=O)(=O)NNC(=O)COc2ccc3cc(Br)ccc3c2Br)cc1. The topological polar surface area (TPSA) is 84.5 Å². The quantitative estimate of drug-likeness (QED) is 0.473. The lowest BCUT2D eigenvalue weighted by atomic mass is 10.1. The maximum Gasteiger partial charge on any atom is 0.272 e. The van der Waals surface area contributed by atoms with Crippen molar-refractivity contribution in [1.82, 2.24) is 10.3 Å². The summed E-state index contributed by atoms with van der Waals surface area (Å²) in [5, 5.41) is 1.94. The molecule has 3 aromatic rings. The number of ether oxygens (including phenoxy) is 1. The second-order valence-corrected chi connectivity index (χ2v) is 9.39. The van der Waals surface area contributed by atoms with Gasteiger partial charge < -0.3 is 4.74 Å². The molecular weight excluding hydrogens is 512 g/mol. The Bertz CT molecular complexity index is 1130. The van der Waals surface area contributed by atoms with E-state index in [1.54, 1.807) is 18.2 Å². The number of hydrogen-bond acceptors (Lipinski definition) is 4. The van der Waals surface area contributed by atoms with E-state index in [-0.39, 0.29) is 11.5 Å². The van der Waals surface area contributed by atoms with Crippen LogP contribution in [0.1, 0.15) is 5.56 Å². The molecule has 0 aliphatic heterocycles. The number of rotatable bonds is 6. The Morgan fingerprint density at radius 3 is 2.46 bits per heavy atom. The summed E-state index contributed by atoms with van der Waals surface area (Å²) < 4.78 is 31.5. The van der Waals surface area contributed by atoms with E-state index in [0.29, 0.717) is 10.2 Å². The normalized spacial score (nSPS) is 11.4. The molecule has 0 spiro atoms. The number of aryl methyl sites for hydroxylation is 1. The number of sulfonamides is 1. The van der Waals surface area contributed by atoms with Crippen LogP contribution < -0.4 is 15.0 Å². The molecule has 9 heteroatoms. The zero-order chi connectivity index (χ0) is 20.3. The zero-order valence-corrected chi connectivity index (χ0v) is 18.7. The maximum absolute atomic E-state index is 12.2. The minimum Gasteiger partial charge on any atom is -0.483 e. The molecule has 0 fully saturated rings. The van der Waals surface area contributed by atoms with Gasteiger partial charge in [-0.1, -0.05) is 45.8 Å². The fraction of sp³-hybridized carbons (Fsp3) is 0.105. The van der Waals surface area contributed by atoms with Crippen LogP contribution in [0.3, 0.4) is 0 Å². The van der Waals surface area contributed by atoms with Gasteiger partial charge in [-0.2, -0.15) is 0 Å². The molecule has 1 amide bonds. The molecule has 0 aliphatic carbocycles. The first-order valence-corrected chi connectivity index (χ1v) is 11.2. The molecule has 0 aromatic heterocycles. The summed E-state index contributed by atoms with van der Waals surface area (Å²) in [6.45, 7) is 1.50. The van der Waals surface area contributed by atoms with Gasteiger partial charge in [0.1, 0.15) is 5.75 Å². The molecule has 146 valence electrons. The summed E-state index contributed by atoms with van der Waals surface area (Å²) in [5.74, 6) is -0.148. The van der Waals surface area contributed by atoms with Gasteiger partial charge in [0, 0.05) is 4.47 Å². The lowest BCUT2D eigenvalue weighted by Crippen LogP contribution is -2.43. The van der Waals surface area contributed by atoms with Crippen LogP contribution in [0.15, 0.2) is 68.4 Å². The van der Waals surface area contributed by atoms with E-state index in [4.69, 9.17) is 4.74 Å². The summed E-state index contributed by atoms with van der Waals surface area (Å²) in [6, 6.07) is 15.7. The van der Waals surface area contributed by atoms with Crippen LogP contribution in [-0.2, 0) is 14.8 Å². The predicted molar refractivity (Wildman–Crippen MR) is 114 cm³/mol. The van der Waals surface area contributed by atoms with E-state index >= 15 is 0 Å². The van der Waals surface area contributed by atoms with E-state index in [1.807, 2.05) is 31.2 Å². The van der Waals surface area contributed by atoms with Gasteiger partial charge in [0.25, 0.3) is 15.9 Å². The molecule has 28 heavy (non-hydrogen) atoms. The van der Waals surface area contributed by atoms with E-state index in [0.717, 1.165) is 20.8 Å². The van der Waals surface area contributed by atoms with Gasteiger partial charge in [-0.3, -0.25) is 10.2 Å². The monoisotopic (exact) mass is 526 g/mol. The molecule has 3 aromatic carbocycles. The molecule has 0 radical (unpaired) electrons. The Balaban J connectivity index is 1.61. The van der Waals surface area contributed by atoms with E-state index < -0.39 is 15.9 Å². The molecule has 0 saturated carbocycles. The number of nitrogens with one attached hydrogen (secondary N) is 2. The van der Waals surface area contributed by atoms with Crippen LogP contribution in [0, 0.1) is 6.92 Å². The van der Waals surface area contributed by atoms with E-state index in [1.165, 1.54) is 12.1 Å². The molecular formula is C19H16Br2N2O4S. The van der Waals surface area contributed by atoms with Crippen molar-refractivity contribution in [1.29, 1.82) is 0 Å². The first kappa shape index (κ1) is 20.8. The van der Waals surface area contributed by atoms with Gasteiger partial charge in [0.2, 0.25) is 0 Å². The van der Waals surface area contributed by atoms with Gasteiger partial charge >= 0.3 is 0 Å². The second kappa shape index (κ2) is 8.60. The number of amides is 1. The fourth-order valence-corrected chi connectivity index (χ4v) is 4.28. The molecule has 0 atom stereocenters. The number of hydrazine groups is 1. The Morgan fingerprint density at radius 1 is 1.04 bits per heavy atom. The minimum absolute atomic E-state index is 0.0581. The molecule has 0 saturated heterocycles. The highest BCUT2D eigenvalue weighted by atomic mass is 79.9. The van der Waals surface area contributed by atoms with Crippen LogP contribution in [0.25, 0.3) is 10.8 Å². The number of carbonyl (C=O) groups is 1. The van der Waals surface area contributed by atoms with Crippen LogP contribution in [0.4, 0.5) is 0 Å². The van der Waals surface area contributed by atoms with Crippen molar-refractivity contribution in [3.05, 3.63) is 69.1 Å². The summed E-state index contributed by atoms with van der Waals surface area (Å²) in [6.07, 6.45) is 0. The number of hydrogen-bond donors (Lipinski definition) is 2. The smallest absolute Gasteiger partial charge is 0.272 e. The van der Waals surface area contributed by atoms with Gasteiger partial charge in [0.05, 0.1) is 9.37 Å². The summed E-state index contributed by atoms with van der Waals surface area (Å²) in [7, 11) is -3.85. The third-order valence-corrected chi connectivity index (χ3v) is 6.47. The van der Waals surface area contributed by atoms with Crippen molar-refractivity contribution in [3.63, 3.8) is 0 Å². The van der Waals surface area contributed by atoms with E-state index in [2.05, 4.69) is 42.1 Å². The second-order valence-electron chi connectivity index (χ2n) is 6.00. The summed E-state index contributed by atoms with van der Waals surface area (Å²) in [5.41, 5.74) is 3.08. The number of carbonyl (C=O) groups excluding carboxylic acids is 1. The predicted octanol–water partition coefficient (Wildman–Crippen LogP) is 4.06. The molecule has 0 aliphatic rings. The average molecular weight is 528 g/mol. The minimum atomic E-state index is -3.85. The summed E-state index contributed by atoms with van der Waals surface area (Å²) >= 11 is 6.90. The number of benzene rings is 3. The van der Waals surface area contributed by atoms with Crippen molar-refractivity contribution >= 4 is 58.6 Å². The Hall–Kier alpha value is -1.94. The van der Waals surface area contributed by atoms with Gasteiger partial charge in [-0.05, 0) is 64.0 Å². The standard InChI is InChI=1S/C19H16Br2N2O4S/c1-12-2-6-15(7-3-12)28(25,26)23-22-18(24)11-27-17-9-4-13-10-14(20)5-8-16(13)19(17)21/h2-10,23H,11H2,1H3,(H,22,24). The Kier molecular flexibility index (Phi) is 6.39. The molecule has 6 nitrogen and oxygen atoms in total.